The van der Waals surface area contributed by atoms with Gasteiger partial charge >= 0.3 is 6.09 Å². The number of carbonyl (C=O) groups excluding carboxylic acids is 2. The Morgan fingerprint density at radius 1 is 1.07 bits per heavy atom. The van der Waals surface area contributed by atoms with Gasteiger partial charge in [0.25, 0.3) is 5.91 Å². The molecule has 5 N–H and O–H groups in total. The lowest BCUT2D eigenvalue weighted by molar-refractivity contribution is -0.110. The van der Waals surface area contributed by atoms with Crippen LogP contribution in [0.5, 0.6) is 0 Å². The van der Waals surface area contributed by atoms with Crippen molar-refractivity contribution in [2.45, 2.75) is 25.2 Å². The minimum atomic E-state index is -1.31. The number of anilines is 1. The molecule has 0 saturated heterocycles. The number of nitrogens with one attached hydrogen (secondary N) is 2. The summed E-state index contributed by atoms with van der Waals surface area (Å²) in [6, 6.07) is 15.6. The van der Waals surface area contributed by atoms with Gasteiger partial charge in [0, 0.05) is 17.8 Å². The molecule has 2 unspecified atom stereocenters. The zero-order valence-electron chi connectivity index (χ0n) is 15.6. The first kappa shape index (κ1) is 21.9. The fourth-order valence-corrected chi connectivity index (χ4v) is 2.55. The Balaban J connectivity index is 1.82. The number of oxime groups is 1. The Morgan fingerprint density at radius 2 is 1.76 bits per heavy atom. The highest BCUT2D eigenvalue weighted by atomic mass is 16.5. The van der Waals surface area contributed by atoms with Crippen LogP contribution in [0.4, 0.5) is 10.5 Å². The predicted octanol–water partition coefficient (Wildman–Crippen LogP) is 1.80. The van der Waals surface area contributed by atoms with Gasteiger partial charge in [-0.1, -0.05) is 53.7 Å². The van der Waals surface area contributed by atoms with Crippen molar-refractivity contribution >= 4 is 23.9 Å². The molecule has 2 aromatic rings. The molecule has 2 amide bonds. The molecule has 0 aliphatic carbocycles. The van der Waals surface area contributed by atoms with E-state index in [1.54, 1.807) is 18.2 Å². The van der Waals surface area contributed by atoms with Gasteiger partial charge in [0.15, 0.2) is 0 Å². The van der Waals surface area contributed by atoms with Crippen molar-refractivity contribution in [3.63, 3.8) is 0 Å². The smallest absolute Gasteiger partial charge is 0.407 e. The number of carbonyl (C=O) groups is 2. The van der Waals surface area contributed by atoms with Crippen LogP contribution in [0, 0.1) is 0 Å². The molecule has 0 aliphatic heterocycles. The van der Waals surface area contributed by atoms with Crippen molar-refractivity contribution in [2.75, 3.05) is 11.9 Å². The quantitative estimate of drug-likeness (QED) is 0.246. The molecule has 29 heavy (non-hydrogen) atoms. The Bertz CT molecular complexity index is 828. The average Bonchev–Trinajstić information content (AvgIpc) is 2.73. The third-order valence-corrected chi connectivity index (χ3v) is 4.00. The standard InChI is InChI=1S/C20H23N3O6/c24-17(10-11-21-20(27)29-13-14-6-2-1-3-7-14)19(26)15-8-4-5-9-16(15)23-18(25)12-22-28/h1-9,12,17,19,24,26,28H,10-11,13H2,(H,21,27)(H,23,25). The van der Waals surface area contributed by atoms with Gasteiger partial charge in [-0.25, -0.2) is 4.79 Å². The summed E-state index contributed by atoms with van der Waals surface area (Å²) in [6.07, 6.45) is -2.41. The van der Waals surface area contributed by atoms with Crippen molar-refractivity contribution in [1.82, 2.24) is 5.32 Å². The molecular formula is C20H23N3O6. The SMILES string of the molecule is O=C(C=NO)Nc1ccccc1C(O)C(O)CCNC(=O)OCc1ccccc1. The third kappa shape index (κ3) is 7.24. The molecule has 9 heteroatoms. The molecule has 2 rings (SSSR count). The summed E-state index contributed by atoms with van der Waals surface area (Å²) in [5, 5.41) is 36.6. The average molecular weight is 401 g/mol. The van der Waals surface area contributed by atoms with Crippen LogP contribution in [0.3, 0.4) is 0 Å². The molecule has 0 spiro atoms. The van der Waals surface area contributed by atoms with E-state index in [0.29, 0.717) is 6.21 Å². The van der Waals surface area contributed by atoms with Crippen molar-refractivity contribution < 1.29 is 29.7 Å². The summed E-state index contributed by atoms with van der Waals surface area (Å²) >= 11 is 0. The van der Waals surface area contributed by atoms with E-state index in [1.807, 2.05) is 30.3 Å². The number of hydrogen-bond donors (Lipinski definition) is 5. The minimum Gasteiger partial charge on any atom is -0.445 e. The lowest BCUT2D eigenvalue weighted by Gasteiger charge is -2.21. The van der Waals surface area contributed by atoms with Gasteiger partial charge in [-0.05, 0) is 18.1 Å². The van der Waals surface area contributed by atoms with Crippen molar-refractivity contribution in [3.05, 3.63) is 65.7 Å². The predicted molar refractivity (Wildman–Crippen MR) is 106 cm³/mol. The summed E-state index contributed by atoms with van der Waals surface area (Å²) < 4.78 is 5.07. The minimum absolute atomic E-state index is 0.0575. The van der Waals surface area contributed by atoms with E-state index in [0.717, 1.165) is 5.56 Å². The van der Waals surface area contributed by atoms with Gasteiger partial charge in [0.1, 0.15) is 18.9 Å². The van der Waals surface area contributed by atoms with E-state index < -0.39 is 24.2 Å². The van der Waals surface area contributed by atoms with Crippen LogP contribution < -0.4 is 10.6 Å². The van der Waals surface area contributed by atoms with Crippen molar-refractivity contribution in [1.29, 1.82) is 0 Å². The van der Waals surface area contributed by atoms with E-state index >= 15 is 0 Å². The maximum absolute atomic E-state index is 11.7. The normalized spacial score (nSPS) is 12.9. The summed E-state index contributed by atoms with van der Waals surface area (Å²) in [4.78, 5) is 23.3. The van der Waals surface area contributed by atoms with Crippen LogP contribution in [-0.2, 0) is 16.1 Å². The van der Waals surface area contributed by atoms with Gasteiger partial charge in [0.05, 0.1) is 6.10 Å². The summed E-state index contributed by atoms with van der Waals surface area (Å²) in [6.45, 7) is 0.208. The Kier molecular flexibility index (Phi) is 8.61. The topological polar surface area (TPSA) is 140 Å². The number of ether oxygens (including phenoxy) is 1. The van der Waals surface area contributed by atoms with Crippen LogP contribution >= 0.6 is 0 Å². The Labute approximate surface area is 167 Å². The van der Waals surface area contributed by atoms with Crippen LogP contribution in [0.2, 0.25) is 0 Å². The van der Waals surface area contributed by atoms with Gasteiger partial charge < -0.3 is 30.8 Å². The Morgan fingerprint density at radius 3 is 2.48 bits per heavy atom. The number of amides is 2. The molecule has 0 saturated carbocycles. The Hall–Kier alpha value is -3.43. The first-order valence-corrected chi connectivity index (χ1v) is 8.89. The molecule has 0 fully saturated rings. The highest BCUT2D eigenvalue weighted by Gasteiger charge is 2.21. The van der Waals surface area contributed by atoms with Crippen LogP contribution in [0.1, 0.15) is 23.7 Å². The number of alkyl carbamates (subject to hydrolysis) is 1. The number of para-hydroxylation sites is 1. The first-order valence-electron chi connectivity index (χ1n) is 8.89. The highest BCUT2D eigenvalue weighted by molar-refractivity contribution is 6.31. The third-order valence-electron chi connectivity index (χ3n) is 4.00. The van der Waals surface area contributed by atoms with Crippen LogP contribution in [0.25, 0.3) is 0 Å². The van der Waals surface area contributed by atoms with Crippen LogP contribution in [-0.4, -0.2) is 46.3 Å². The summed E-state index contributed by atoms with van der Waals surface area (Å²) in [5.74, 6) is -0.690. The monoisotopic (exact) mass is 401 g/mol. The molecule has 154 valence electrons. The number of rotatable bonds is 9. The lowest BCUT2D eigenvalue weighted by atomic mass is 10.00. The summed E-state index contributed by atoms with van der Waals surface area (Å²) in [7, 11) is 0. The summed E-state index contributed by atoms with van der Waals surface area (Å²) in [5.41, 5.74) is 1.40. The number of aliphatic hydroxyl groups is 2. The van der Waals surface area contributed by atoms with E-state index in [1.165, 1.54) is 6.07 Å². The largest absolute Gasteiger partial charge is 0.445 e. The van der Waals surface area contributed by atoms with Crippen LogP contribution in [0.15, 0.2) is 59.8 Å². The zero-order valence-corrected chi connectivity index (χ0v) is 15.6. The number of nitrogens with zero attached hydrogens (tertiary/aromatic N) is 1. The number of hydrogen-bond acceptors (Lipinski definition) is 7. The molecule has 0 aromatic heterocycles. The lowest BCUT2D eigenvalue weighted by Crippen LogP contribution is -2.30. The van der Waals surface area contributed by atoms with E-state index in [9.17, 15) is 19.8 Å². The molecule has 0 heterocycles. The molecule has 0 aliphatic rings. The number of benzene rings is 2. The van der Waals surface area contributed by atoms with Gasteiger partial charge in [0.2, 0.25) is 0 Å². The molecule has 2 atom stereocenters. The fraction of sp³-hybridized carbons (Fsp3) is 0.250. The first-order chi connectivity index (χ1) is 14.0. The molecular weight excluding hydrogens is 378 g/mol. The molecule has 0 radical (unpaired) electrons. The second kappa shape index (κ2) is 11.4. The van der Waals surface area contributed by atoms with E-state index in [2.05, 4.69) is 15.8 Å². The zero-order chi connectivity index (χ0) is 21.1. The fourth-order valence-electron chi connectivity index (χ4n) is 2.55. The molecule has 2 aromatic carbocycles. The highest BCUT2D eigenvalue weighted by Crippen LogP contribution is 2.26. The van der Waals surface area contributed by atoms with Gasteiger partial charge in [-0.15, -0.1) is 0 Å². The van der Waals surface area contributed by atoms with Crippen molar-refractivity contribution in [3.8, 4) is 0 Å². The van der Waals surface area contributed by atoms with Gasteiger partial charge in [-0.2, -0.15) is 0 Å². The number of aliphatic hydroxyl groups excluding tert-OH is 2. The van der Waals surface area contributed by atoms with Crippen molar-refractivity contribution in [2.24, 2.45) is 5.16 Å². The second-order valence-electron chi connectivity index (χ2n) is 6.11. The maximum atomic E-state index is 11.7. The molecule has 9 nitrogen and oxygen atoms in total. The van der Waals surface area contributed by atoms with Gasteiger partial charge in [-0.3, -0.25) is 4.79 Å². The van der Waals surface area contributed by atoms with E-state index in [-0.39, 0.29) is 30.8 Å². The second-order valence-corrected chi connectivity index (χ2v) is 6.11. The maximum Gasteiger partial charge on any atom is 0.407 e. The van der Waals surface area contributed by atoms with E-state index in [4.69, 9.17) is 9.94 Å². The molecule has 0 bridgehead atoms.